The maximum absolute atomic E-state index is 12.9. The lowest BCUT2D eigenvalue weighted by Gasteiger charge is -2.33. The summed E-state index contributed by atoms with van der Waals surface area (Å²) in [6.07, 6.45) is 0.973. The fourth-order valence-electron chi connectivity index (χ4n) is 3.15. The topological polar surface area (TPSA) is 108 Å². The molecule has 146 valence electrons. The zero-order valence-electron chi connectivity index (χ0n) is 15.8. The highest BCUT2D eigenvalue weighted by molar-refractivity contribution is 6.03. The number of hydrogen-bond acceptors (Lipinski definition) is 6. The van der Waals surface area contributed by atoms with Crippen molar-refractivity contribution in [3.63, 3.8) is 0 Å². The van der Waals surface area contributed by atoms with Crippen LogP contribution < -0.4 is 10.1 Å². The highest BCUT2D eigenvalue weighted by atomic mass is 16.6. The summed E-state index contributed by atoms with van der Waals surface area (Å²) >= 11 is 0. The molecule has 0 saturated carbocycles. The third-order valence-corrected chi connectivity index (χ3v) is 4.77. The fourth-order valence-corrected chi connectivity index (χ4v) is 3.15. The number of amides is 1. The molecule has 1 aliphatic heterocycles. The minimum atomic E-state index is -1.48. The lowest BCUT2D eigenvalue weighted by atomic mass is 9.88. The molecule has 8 nitrogen and oxygen atoms in total. The number of methoxy groups -OCH3 is 1. The maximum Gasteiger partial charge on any atom is 0.339 e. The van der Waals surface area contributed by atoms with E-state index in [1.165, 1.54) is 32.2 Å². The van der Waals surface area contributed by atoms with Crippen molar-refractivity contribution in [1.29, 1.82) is 0 Å². The van der Waals surface area contributed by atoms with Gasteiger partial charge in [-0.1, -0.05) is 19.1 Å². The average molecular weight is 384 g/mol. The fraction of sp³-hybridized carbons (Fsp3) is 0.300. The third-order valence-electron chi connectivity index (χ3n) is 4.77. The number of anilines is 1. The Labute approximate surface area is 161 Å². The number of fused-ring (bicyclic) bond motifs is 1. The van der Waals surface area contributed by atoms with Gasteiger partial charge in [0.1, 0.15) is 11.4 Å². The van der Waals surface area contributed by atoms with Crippen molar-refractivity contribution in [3.8, 4) is 5.75 Å². The summed E-state index contributed by atoms with van der Waals surface area (Å²) in [5, 5.41) is 13.8. The van der Waals surface area contributed by atoms with E-state index in [0.717, 1.165) is 17.5 Å². The van der Waals surface area contributed by atoms with E-state index >= 15 is 0 Å². The van der Waals surface area contributed by atoms with Crippen LogP contribution in [0.3, 0.4) is 0 Å². The molecule has 1 unspecified atom stereocenters. The van der Waals surface area contributed by atoms with E-state index in [2.05, 4.69) is 5.32 Å². The van der Waals surface area contributed by atoms with Gasteiger partial charge in [0.25, 0.3) is 11.6 Å². The summed E-state index contributed by atoms with van der Waals surface area (Å²) in [6, 6.07) is 9.53. The average Bonchev–Trinajstić information content (AvgIpc) is 2.67. The monoisotopic (exact) mass is 384 g/mol. The Bertz CT molecular complexity index is 971. The second-order valence-electron chi connectivity index (χ2n) is 6.74. The Hall–Kier alpha value is -3.42. The lowest BCUT2D eigenvalue weighted by Crippen LogP contribution is -2.49. The predicted octanol–water partition coefficient (Wildman–Crippen LogP) is 3.28. The van der Waals surface area contributed by atoms with E-state index in [9.17, 15) is 19.7 Å². The van der Waals surface area contributed by atoms with Crippen molar-refractivity contribution < 1.29 is 24.0 Å². The van der Waals surface area contributed by atoms with Crippen molar-refractivity contribution in [1.82, 2.24) is 0 Å². The Balaban J connectivity index is 1.90. The first-order valence-electron chi connectivity index (χ1n) is 8.76. The zero-order chi connectivity index (χ0) is 20.5. The highest BCUT2D eigenvalue weighted by Crippen LogP contribution is 2.33. The van der Waals surface area contributed by atoms with Crippen molar-refractivity contribution in [2.24, 2.45) is 0 Å². The molecule has 2 aromatic rings. The normalized spacial score (nSPS) is 18.0. The number of esters is 1. The van der Waals surface area contributed by atoms with Crippen LogP contribution in [-0.4, -0.2) is 29.5 Å². The molecular formula is C20H20N2O6. The quantitative estimate of drug-likeness (QED) is 0.481. The van der Waals surface area contributed by atoms with Crippen LogP contribution in [0.2, 0.25) is 0 Å². The molecule has 0 aromatic heterocycles. The minimum Gasteiger partial charge on any atom is -0.496 e. The number of nitrogens with one attached hydrogen (secondary N) is 1. The summed E-state index contributed by atoms with van der Waals surface area (Å²) in [4.78, 5) is 36.0. The Kier molecular flexibility index (Phi) is 5.04. The van der Waals surface area contributed by atoms with Crippen molar-refractivity contribution >= 4 is 23.3 Å². The standard InChI is InChI=1S/C20H20N2O6/c1-4-12-5-7-15-13(9-12)11-20(2,28-18(15)23)19(24)21-16-8-6-14(27-3)10-17(16)22(25)26/h5-10H,4,11H2,1-3H3,(H,21,24). The van der Waals surface area contributed by atoms with Gasteiger partial charge in [0, 0.05) is 6.42 Å². The number of carbonyl (C=O) groups is 2. The molecule has 0 bridgehead atoms. The summed E-state index contributed by atoms with van der Waals surface area (Å²) in [5.74, 6) is -0.937. The molecule has 1 atom stereocenters. The van der Waals surface area contributed by atoms with Crippen LogP contribution >= 0.6 is 0 Å². The lowest BCUT2D eigenvalue weighted by molar-refractivity contribution is -0.384. The van der Waals surface area contributed by atoms with Crippen LogP contribution in [0, 0.1) is 10.1 Å². The van der Waals surface area contributed by atoms with Crippen LogP contribution in [0.5, 0.6) is 5.75 Å². The van der Waals surface area contributed by atoms with Gasteiger partial charge < -0.3 is 14.8 Å². The number of benzene rings is 2. The van der Waals surface area contributed by atoms with Gasteiger partial charge in [-0.05, 0) is 42.7 Å². The van der Waals surface area contributed by atoms with Crippen LogP contribution in [0.1, 0.15) is 35.3 Å². The molecule has 3 rings (SSSR count). The Morgan fingerprint density at radius 3 is 2.71 bits per heavy atom. The minimum absolute atomic E-state index is 0.00109. The van der Waals surface area contributed by atoms with E-state index in [1.54, 1.807) is 6.07 Å². The van der Waals surface area contributed by atoms with Crippen molar-refractivity contribution in [2.45, 2.75) is 32.3 Å². The molecule has 1 heterocycles. The second kappa shape index (κ2) is 7.30. The summed E-state index contributed by atoms with van der Waals surface area (Å²) < 4.78 is 10.4. The molecule has 1 amide bonds. The summed E-state index contributed by atoms with van der Waals surface area (Å²) in [6.45, 7) is 3.49. The summed E-state index contributed by atoms with van der Waals surface area (Å²) in [5.41, 5.74) is 0.398. The van der Waals surface area contributed by atoms with Crippen LogP contribution in [0.4, 0.5) is 11.4 Å². The number of hydrogen-bond donors (Lipinski definition) is 1. The van der Waals surface area contributed by atoms with Gasteiger partial charge in [-0.15, -0.1) is 0 Å². The number of aryl methyl sites for hydroxylation is 1. The molecular weight excluding hydrogens is 364 g/mol. The molecule has 0 spiro atoms. The molecule has 0 radical (unpaired) electrons. The Morgan fingerprint density at radius 1 is 1.32 bits per heavy atom. The molecule has 2 aromatic carbocycles. The number of rotatable bonds is 5. The zero-order valence-corrected chi connectivity index (χ0v) is 15.8. The first-order valence-corrected chi connectivity index (χ1v) is 8.76. The van der Waals surface area contributed by atoms with Gasteiger partial charge in [0.05, 0.1) is 23.7 Å². The Morgan fingerprint density at radius 2 is 2.07 bits per heavy atom. The van der Waals surface area contributed by atoms with Crippen LogP contribution in [0.25, 0.3) is 0 Å². The number of nitro groups is 1. The van der Waals surface area contributed by atoms with Gasteiger partial charge in [-0.25, -0.2) is 4.79 Å². The first-order chi connectivity index (χ1) is 13.3. The maximum atomic E-state index is 12.9. The molecule has 28 heavy (non-hydrogen) atoms. The van der Waals surface area contributed by atoms with E-state index in [4.69, 9.17) is 9.47 Å². The van der Waals surface area contributed by atoms with Crippen molar-refractivity contribution in [2.75, 3.05) is 12.4 Å². The van der Waals surface area contributed by atoms with E-state index in [1.807, 2.05) is 19.1 Å². The smallest absolute Gasteiger partial charge is 0.339 e. The molecule has 0 aliphatic carbocycles. The number of cyclic esters (lactones) is 1. The number of nitrogens with zero attached hydrogens (tertiary/aromatic N) is 1. The molecule has 0 fully saturated rings. The van der Waals surface area contributed by atoms with Gasteiger partial charge in [0.15, 0.2) is 5.60 Å². The first kappa shape index (κ1) is 19.3. The van der Waals surface area contributed by atoms with Gasteiger partial charge in [-0.3, -0.25) is 14.9 Å². The summed E-state index contributed by atoms with van der Waals surface area (Å²) in [7, 11) is 1.39. The van der Waals surface area contributed by atoms with Crippen LogP contribution in [0.15, 0.2) is 36.4 Å². The predicted molar refractivity (Wildman–Crippen MR) is 102 cm³/mol. The second-order valence-corrected chi connectivity index (χ2v) is 6.74. The van der Waals surface area contributed by atoms with Gasteiger partial charge in [0.2, 0.25) is 0 Å². The van der Waals surface area contributed by atoms with Crippen LogP contribution in [-0.2, 0) is 22.4 Å². The molecule has 1 N–H and O–H groups in total. The highest BCUT2D eigenvalue weighted by Gasteiger charge is 2.43. The SMILES string of the molecule is CCc1ccc2c(c1)CC(C)(C(=O)Nc1ccc(OC)cc1[N+](=O)[O-])OC2=O. The van der Waals surface area contributed by atoms with Crippen molar-refractivity contribution in [3.05, 3.63) is 63.2 Å². The third kappa shape index (κ3) is 3.53. The van der Waals surface area contributed by atoms with Gasteiger partial charge >= 0.3 is 5.97 Å². The number of nitro benzene ring substituents is 1. The number of carbonyl (C=O) groups excluding carboxylic acids is 2. The van der Waals surface area contributed by atoms with E-state index < -0.39 is 22.4 Å². The van der Waals surface area contributed by atoms with Gasteiger partial charge in [-0.2, -0.15) is 0 Å². The van der Waals surface area contributed by atoms with E-state index in [-0.39, 0.29) is 17.8 Å². The molecule has 8 heteroatoms. The molecule has 0 saturated heterocycles. The van der Waals surface area contributed by atoms with E-state index in [0.29, 0.717) is 11.3 Å². The number of ether oxygens (including phenoxy) is 2. The largest absolute Gasteiger partial charge is 0.496 e. The molecule has 1 aliphatic rings.